The minimum atomic E-state index is 0.130. The van der Waals surface area contributed by atoms with Crippen molar-refractivity contribution >= 4 is 11.7 Å². The standard InChI is InChI=1S/C15H22N2O/c1-11(2)13-6-5-7-14(10-13)17-9-8-16(12(3)4)15(17)18/h5-7,10-12H,8-9H2,1-4H3. The molecule has 1 saturated heterocycles. The Balaban J connectivity index is 2.23. The predicted octanol–water partition coefficient (Wildman–Crippen LogP) is 3.46. The molecule has 0 bridgehead atoms. The number of amides is 2. The number of carbonyl (C=O) groups excluding carboxylic acids is 1. The number of benzene rings is 1. The van der Waals surface area contributed by atoms with Crippen molar-refractivity contribution in [3.05, 3.63) is 29.8 Å². The van der Waals surface area contributed by atoms with Gasteiger partial charge >= 0.3 is 6.03 Å². The molecule has 0 atom stereocenters. The SMILES string of the molecule is CC(C)c1cccc(N2CCN(C(C)C)C2=O)c1. The van der Waals surface area contributed by atoms with E-state index in [2.05, 4.69) is 39.8 Å². The van der Waals surface area contributed by atoms with Crippen molar-refractivity contribution in [1.29, 1.82) is 0 Å². The molecule has 0 N–H and O–H groups in total. The first-order valence-electron chi connectivity index (χ1n) is 6.69. The lowest BCUT2D eigenvalue weighted by Gasteiger charge is -2.22. The van der Waals surface area contributed by atoms with Crippen molar-refractivity contribution in [1.82, 2.24) is 4.90 Å². The molecule has 1 aromatic carbocycles. The van der Waals surface area contributed by atoms with E-state index in [1.807, 2.05) is 21.9 Å². The van der Waals surface area contributed by atoms with Crippen LogP contribution in [0.5, 0.6) is 0 Å². The van der Waals surface area contributed by atoms with Gasteiger partial charge in [0.25, 0.3) is 0 Å². The highest BCUT2D eigenvalue weighted by Crippen LogP contribution is 2.25. The van der Waals surface area contributed by atoms with Crippen LogP contribution in [0.25, 0.3) is 0 Å². The van der Waals surface area contributed by atoms with Crippen LogP contribution in [0.1, 0.15) is 39.2 Å². The van der Waals surface area contributed by atoms with Gasteiger partial charge in [0.15, 0.2) is 0 Å². The van der Waals surface area contributed by atoms with Crippen LogP contribution in [0, 0.1) is 0 Å². The van der Waals surface area contributed by atoms with Crippen LogP contribution in [-0.4, -0.2) is 30.1 Å². The Hall–Kier alpha value is -1.51. The Morgan fingerprint density at radius 2 is 1.83 bits per heavy atom. The Bertz CT molecular complexity index is 440. The van der Waals surface area contributed by atoms with Crippen LogP contribution in [0.4, 0.5) is 10.5 Å². The van der Waals surface area contributed by atoms with Crippen LogP contribution in [0.2, 0.25) is 0 Å². The second-order valence-electron chi connectivity index (χ2n) is 5.47. The molecule has 0 spiro atoms. The summed E-state index contributed by atoms with van der Waals surface area (Å²) in [6.07, 6.45) is 0. The Morgan fingerprint density at radius 3 is 2.39 bits per heavy atom. The third-order valence-corrected chi connectivity index (χ3v) is 3.51. The van der Waals surface area contributed by atoms with Crippen LogP contribution in [0.3, 0.4) is 0 Å². The predicted molar refractivity (Wildman–Crippen MR) is 75.1 cm³/mol. The van der Waals surface area contributed by atoms with Gasteiger partial charge in [-0.2, -0.15) is 0 Å². The molecule has 98 valence electrons. The highest BCUT2D eigenvalue weighted by Gasteiger charge is 2.31. The normalized spacial score (nSPS) is 16.2. The third kappa shape index (κ3) is 2.35. The third-order valence-electron chi connectivity index (χ3n) is 3.51. The summed E-state index contributed by atoms with van der Waals surface area (Å²) in [5.41, 5.74) is 2.30. The van der Waals surface area contributed by atoms with E-state index in [9.17, 15) is 4.79 Å². The summed E-state index contributed by atoms with van der Waals surface area (Å²) in [6, 6.07) is 8.71. The molecule has 0 aromatic heterocycles. The topological polar surface area (TPSA) is 23.6 Å². The fourth-order valence-electron chi connectivity index (χ4n) is 2.32. The number of nitrogens with zero attached hydrogens (tertiary/aromatic N) is 2. The smallest absolute Gasteiger partial charge is 0.320 e. The number of hydrogen-bond acceptors (Lipinski definition) is 1. The summed E-state index contributed by atoms with van der Waals surface area (Å²) >= 11 is 0. The first-order chi connectivity index (χ1) is 8.50. The Morgan fingerprint density at radius 1 is 1.11 bits per heavy atom. The maximum Gasteiger partial charge on any atom is 0.324 e. The van der Waals surface area contributed by atoms with Crippen molar-refractivity contribution in [3.63, 3.8) is 0 Å². The quantitative estimate of drug-likeness (QED) is 0.801. The molecule has 3 heteroatoms. The summed E-state index contributed by atoms with van der Waals surface area (Å²) in [5, 5.41) is 0. The lowest BCUT2D eigenvalue weighted by atomic mass is 10.0. The van der Waals surface area contributed by atoms with Crippen LogP contribution < -0.4 is 4.90 Å². The van der Waals surface area contributed by atoms with Crippen molar-refractivity contribution in [2.75, 3.05) is 18.0 Å². The second kappa shape index (κ2) is 5.01. The van der Waals surface area contributed by atoms with E-state index >= 15 is 0 Å². The average Bonchev–Trinajstić information content (AvgIpc) is 2.71. The summed E-state index contributed by atoms with van der Waals surface area (Å²) < 4.78 is 0. The van der Waals surface area contributed by atoms with E-state index in [0.29, 0.717) is 5.92 Å². The second-order valence-corrected chi connectivity index (χ2v) is 5.47. The average molecular weight is 246 g/mol. The molecule has 2 amide bonds. The summed E-state index contributed by atoms with van der Waals surface area (Å²) in [6.45, 7) is 10.1. The molecule has 0 aliphatic carbocycles. The zero-order valence-corrected chi connectivity index (χ0v) is 11.7. The molecule has 2 rings (SSSR count). The highest BCUT2D eigenvalue weighted by molar-refractivity contribution is 5.94. The molecule has 1 heterocycles. The zero-order chi connectivity index (χ0) is 13.3. The van der Waals surface area contributed by atoms with Gasteiger partial charge in [-0.1, -0.05) is 26.0 Å². The zero-order valence-electron chi connectivity index (χ0n) is 11.7. The fraction of sp³-hybridized carbons (Fsp3) is 0.533. The van der Waals surface area contributed by atoms with Gasteiger partial charge in [-0.05, 0) is 37.5 Å². The molecule has 1 aromatic rings. The minimum absolute atomic E-state index is 0.130. The van der Waals surface area contributed by atoms with Crippen molar-refractivity contribution in [3.8, 4) is 0 Å². The van der Waals surface area contributed by atoms with Crippen LogP contribution in [-0.2, 0) is 0 Å². The van der Waals surface area contributed by atoms with Crippen molar-refractivity contribution in [2.24, 2.45) is 0 Å². The van der Waals surface area contributed by atoms with Crippen LogP contribution in [0.15, 0.2) is 24.3 Å². The molecule has 1 fully saturated rings. The Kier molecular flexibility index (Phi) is 3.60. The molecule has 0 unspecified atom stereocenters. The summed E-state index contributed by atoms with van der Waals surface area (Å²) in [5.74, 6) is 0.490. The number of anilines is 1. The van der Waals surface area contributed by atoms with Gasteiger partial charge in [0, 0.05) is 24.8 Å². The minimum Gasteiger partial charge on any atom is -0.320 e. The fourth-order valence-corrected chi connectivity index (χ4v) is 2.32. The lowest BCUT2D eigenvalue weighted by molar-refractivity contribution is 0.209. The van der Waals surface area contributed by atoms with E-state index in [4.69, 9.17) is 0 Å². The van der Waals surface area contributed by atoms with Crippen LogP contribution >= 0.6 is 0 Å². The van der Waals surface area contributed by atoms with E-state index in [0.717, 1.165) is 18.8 Å². The van der Waals surface area contributed by atoms with E-state index in [1.165, 1.54) is 5.56 Å². The molecule has 18 heavy (non-hydrogen) atoms. The van der Waals surface area contributed by atoms with Gasteiger partial charge < -0.3 is 4.90 Å². The summed E-state index contributed by atoms with van der Waals surface area (Å²) in [7, 11) is 0. The summed E-state index contributed by atoms with van der Waals surface area (Å²) in [4.78, 5) is 16.1. The first kappa shape index (κ1) is 12.9. The molecular formula is C15H22N2O. The van der Waals surface area contributed by atoms with Gasteiger partial charge in [0.2, 0.25) is 0 Å². The number of hydrogen-bond donors (Lipinski definition) is 0. The van der Waals surface area contributed by atoms with Crippen molar-refractivity contribution < 1.29 is 4.79 Å². The number of carbonyl (C=O) groups is 1. The first-order valence-corrected chi connectivity index (χ1v) is 6.69. The van der Waals surface area contributed by atoms with E-state index in [-0.39, 0.29) is 12.1 Å². The van der Waals surface area contributed by atoms with Gasteiger partial charge in [0.05, 0.1) is 0 Å². The van der Waals surface area contributed by atoms with Crippen molar-refractivity contribution in [2.45, 2.75) is 39.7 Å². The van der Waals surface area contributed by atoms with Gasteiger partial charge in [-0.15, -0.1) is 0 Å². The lowest BCUT2D eigenvalue weighted by Crippen LogP contribution is -2.36. The highest BCUT2D eigenvalue weighted by atomic mass is 16.2. The number of rotatable bonds is 3. The maximum atomic E-state index is 12.3. The Labute approximate surface area is 109 Å². The van der Waals surface area contributed by atoms with Gasteiger partial charge in [-0.25, -0.2) is 4.79 Å². The molecule has 0 saturated carbocycles. The van der Waals surface area contributed by atoms with Gasteiger partial charge in [-0.3, -0.25) is 4.90 Å². The van der Waals surface area contributed by atoms with Gasteiger partial charge in [0.1, 0.15) is 0 Å². The largest absolute Gasteiger partial charge is 0.324 e. The molecule has 1 aliphatic rings. The van der Waals surface area contributed by atoms with E-state index < -0.39 is 0 Å². The molecule has 0 radical (unpaired) electrons. The number of urea groups is 1. The molecular weight excluding hydrogens is 224 g/mol. The van der Waals surface area contributed by atoms with E-state index in [1.54, 1.807) is 0 Å². The molecule has 3 nitrogen and oxygen atoms in total. The monoisotopic (exact) mass is 246 g/mol. The molecule has 1 aliphatic heterocycles. The maximum absolute atomic E-state index is 12.3.